The van der Waals surface area contributed by atoms with Gasteiger partial charge in [-0.05, 0) is 24.9 Å². The summed E-state index contributed by atoms with van der Waals surface area (Å²) >= 11 is 0. The molecule has 12 heteroatoms. The highest BCUT2D eigenvalue weighted by Gasteiger charge is 2.47. The Kier molecular flexibility index (Phi) is 10.8. The molecule has 1 aromatic rings. The number of carbonyl (C=O) groups is 2. The Balaban J connectivity index is 1.73. The van der Waals surface area contributed by atoms with E-state index in [-0.39, 0.29) is 25.0 Å². The molecule has 12 nitrogen and oxygen atoms in total. The first-order valence-corrected chi connectivity index (χ1v) is 12.2. The van der Waals surface area contributed by atoms with Gasteiger partial charge in [-0.2, -0.15) is 0 Å². The highest BCUT2D eigenvalue weighted by molar-refractivity contribution is 5.89. The van der Waals surface area contributed by atoms with Gasteiger partial charge in [-0.25, -0.2) is 4.79 Å². The van der Waals surface area contributed by atoms with Crippen LogP contribution in [-0.2, 0) is 35.0 Å². The second-order valence-electron chi connectivity index (χ2n) is 9.15. The number of rotatable bonds is 12. The number of nitrogens with one attached hydrogen (secondary N) is 1. The van der Waals surface area contributed by atoms with Crippen LogP contribution >= 0.6 is 0 Å². The number of aliphatic hydroxyl groups excluding tert-OH is 4. The molecule has 0 spiro atoms. The van der Waals surface area contributed by atoms with Gasteiger partial charge in [0, 0.05) is 11.8 Å². The molecule has 0 aromatic heterocycles. The molecular formula is C26H35NO11. The Morgan fingerprint density at radius 2 is 1.84 bits per heavy atom. The summed E-state index contributed by atoms with van der Waals surface area (Å²) in [5.41, 5.74) is 1.04. The average molecular weight is 538 g/mol. The van der Waals surface area contributed by atoms with Crippen LogP contribution in [0.3, 0.4) is 0 Å². The van der Waals surface area contributed by atoms with Gasteiger partial charge in [0.05, 0.1) is 25.6 Å². The normalized spacial score (nSPS) is 32.0. The number of hydrogen-bond acceptors (Lipinski definition) is 11. The summed E-state index contributed by atoms with van der Waals surface area (Å²) in [7, 11) is 1.22. The van der Waals surface area contributed by atoms with Gasteiger partial charge in [0.25, 0.3) is 0 Å². The molecule has 2 aliphatic heterocycles. The van der Waals surface area contributed by atoms with Gasteiger partial charge >= 0.3 is 11.9 Å². The lowest BCUT2D eigenvalue weighted by molar-refractivity contribution is -0.339. The molecule has 0 saturated carbocycles. The number of hydrogen-bond donors (Lipinski definition) is 6. The minimum atomic E-state index is -1.65. The molecule has 3 rings (SSSR count). The smallest absolute Gasteiger partial charge is 0.337 e. The molecule has 0 unspecified atom stereocenters. The molecule has 0 bridgehead atoms. The molecule has 38 heavy (non-hydrogen) atoms. The first-order chi connectivity index (χ1) is 18.2. The van der Waals surface area contributed by atoms with Crippen molar-refractivity contribution in [2.45, 2.75) is 55.9 Å². The van der Waals surface area contributed by atoms with Crippen molar-refractivity contribution in [3.8, 4) is 0 Å². The maximum atomic E-state index is 12.5. The van der Waals surface area contributed by atoms with Crippen molar-refractivity contribution in [1.29, 1.82) is 0 Å². The lowest BCUT2D eigenvalue weighted by Crippen LogP contribution is -2.60. The Morgan fingerprint density at radius 3 is 2.45 bits per heavy atom. The number of ether oxygens (including phenoxy) is 4. The SMILES string of the molecule is C=C[C@H]1[C@H](O[C@@H]2O[C@H](CO)[C@@H](O)[C@H](O)[C@H]2O)OC=C(C(=O)OC)[C@H]1CCN[C@H](Cc1ccccc1)C(=O)O. The standard InChI is InChI=1S/C26H35NO11/c1-3-15-16(9-10-27-18(23(32)33)11-14-7-5-4-6-8-14)17(24(34)35-2)13-36-25(15)38-26-22(31)21(30)20(29)19(12-28)37-26/h3-8,13,15-16,18-22,25-31H,1,9-12H2,2H3,(H,32,33)/t15-,16+,18-,19-,20-,21+,22-,25+,26+/m1/s1. The van der Waals surface area contributed by atoms with Crippen molar-refractivity contribution in [2.75, 3.05) is 20.3 Å². The highest BCUT2D eigenvalue weighted by atomic mass is 16.8. The highest BCUT2D eigenvalue weighted by Crippen LogP contribution is 2.36. The first kappa shape index (κ1) is 29.7. The van der Waals surface area contributed by atoms with Gasteiger partial charge in [0.15, 0.2) is 6.29 Å². The zero-order valence-electron chi connectivity index (χ0n) is 21.0. The van der Waals surface area contributed by atoms with Crippen molar-refractivity contribution >= 4 is 11.9 Å². The lowest BCUT2D eigenvalue weighted by Gasteiger charge is -2.43. The predicted molar refractivity (Wildman–Crippen MR) is 131 cm³/mol. The fourth-order valence-corrected chi connectivity index (χ4v) is 4.60. The second-order valence-corrected chi connectivity index (χ2v) is 9.15. The van der Waals surface area contributed by atoms with Crippen LogP contribution in [0.2, 0.25) is 0 Å². The zero-order chi connectivity index (χ0) is 27.8. The summed E-state index contributed by atoms with van der Waals surface area (Å²) in [5.74, 6) is -2.93. The van der Waals surface area contributed by atoms with Crippen LogP contribution < -0.4 is 5.32 Å². The van der Waals surface area contributed by atoms with E-state index in [0.29, 0.717) is 0 Å². The summed E-state index contributed by atoms with van der Waals surface area (Å²) in [6, 6.07) is 8.30. The number of benzene rings is 1. The largest absolute Gasteiger partial charge is 0.480 e. The number of carboxylic acid groups (broad SMARTS) is 1. The Bertz CT molecular complexity index is 969. The molecule has 2 heterocycles. The zero-order valence-corrected chi connectivity index (χ0v) is 21.0. The predicted octanol–water partition coefficient (Wildman–Crippen LogP) is -0.690. The van der Waals surface area contributed by atoms with Crippen LogP contribution in [0.5, 0.6) is 0 Å². The number of methoxy groups -OCH3 is 1. The maximum Gasteiger partial charge on any atom is 0.337 e. The van der Waals surface area contributed by atoms with Gasteiger partial charge in [0.2, 0.25) is 6.29 Å². The number of carbonyl (C=O) groups excluding carboxylic acids is 1. The summed E-state index contributed by atoms with van der Waals surface area (Å²) in [6.07, 6.45) is -5.43. The quantitative estimate of drug-likeness (QED) is 0.146. The van der Waals surface area contributed by atoms with E-state index in [0.717, 1.165) is 5.56 Å². The van der Waals surface area contributed by atoms with Gasteiger partial charge in [-0.1, -0.05) is 36.4 Å². The molecule has 0 amide bonds. The fraction of sp³-hybridized carbons (Fsp3) is 0.538. The minimum absolute atomic E-state index is 0.183. The first-order valence-electron chi connectivity index (χ1n) is 12.2. The number of aliphatic carboxylic acids is 1. The van der Waals surface area contributed by atoms with E-state index in [4.69, 9.17) is 18.9 Å². The molecule has 1 fully saturated rings. The van der Waals surface area contributed by atoms with E-state index in [1.165, 1.54) is 19.4 Å². The monoisotopic (exact) mass is 537 g/mol. The Morgan fingerprint density at radius 1 is 1.13 bits per heavy atom. The van der Waals surface area contributed by atoms with E-state index in [2.05, 4.69) is 11.9 Å². The summed E-state index contributed by atoms with van der Waals surface area (Å²) < 4.78 is 21.7. The third-order valence-corrected chi connectivity index (χ3v) is 6.74. The summed E-state index contributed by atoms with van der Waals surface area (Å²) in [4.78, 5) is 24.3. The average Bonchev–Trinajstić information content (AvgIpc) is 2.92. The molecule has 1 saturated heterocycles. The van der Waals surface area contributed by atoms with Crippen LogP contribution in [0.15, 0.2) is 54.8 Å². The number of esters is 1. The van der Waals surface area contributed by atoms with Crippen molar-refractivity contribution in [2.24, 2.45) is 11.8 Å². The molecule has 6 N–H and O–H groups in total. The third kappa shape index (κ3) is 6.97. The van der Waals surface area contributed by atoms with E-state index in [1.807, 2.05) is 30.3 Å². The van der Waals surface area contributed by atoms with E-state index in [9.17, 15) is 35.1 Å². The molecular weight excluding hydrogens is 502 g/mol. The van der Waals surface area contributed by atoms with E-state index < -0.39 is 73.4 Å². The van der Waals surface area contributed by atoms with Gasteiger partial charge in [0.1, 0.15) is 30.5 Å². The lowest BCUT2D eigenvalue weighted by atomic mass is 9.81. The Hall–Kier alpha value is -2.84. The van der Waals surface area contributed by atoms with Crippen molar-refractivity contribution < 1.29 is 54.1 Å². The molecule has 0 aliphatic carbocycles. The van der Waals surface area contributed by atoms with Crippen molar-refractivity contribution in [3.05, 3.63) is 60.4 Å². The molecule has 1 aromatic carbocycles. The Labute approximate surface area is 220 Å². The van der Waals surface area contributed by atoms with Crippen molar-refractivity contribution in [1.82, 2.24) is 5.32 Å². The number of aliphatic hydroxyl groups is 4. The summed E-state index contributed by atoms with van der Waals surface area (Å²) in [6.45, 7) is 3.39. The van der Waals surface area contributed by atoms with Gasteiger partial charge < -0.3 is 49.8 Å². The third-order valence-electron chi connectivity index (χ3n) is 6.74. The molecule has 9 atom stereocenters. The van der Waals surface area contributed by atoms with E-state index in [1.54, 1.807) is 0 Å². The fourth-order valence-electron chi connectivity index (χ4n) is 4.60. The maximum absolute atomic E-state index is 12.5. The summed E-state index contributed by atoms with van der Waals surface area (Å²) in [5, 5.41) is 52.6. The second kappa shape index (κ2) is 13.8. The van der Waals surface area contributed by atoms with Crippen LogP contribution in [-0.4, -0.2) is 101 Å². The molecule has 2 aliphatic rings. The van der Waals surface area contributed by atoms with Crippen LogP contribution in [0, 0.1) is 11.8 Å². The molecule has 210 valence electrons. The van der Waals surface area contributed by atoms with E-state index >= 15 is 0 Å². The van der Waals surface area contributed by atoms with Gasteiger partial charge in [-0.15, -0.1) is 6.58 Å². The van der Waals surface area contributed by atoms with Gasteiger partial charge in [-0.3, -0.25) is 4.79 Å². The van der Waals surface area contributed by atoms with Crippen LogP contribution in [0.1, 0.15) is 12.0 Å². The number of carboxylic acids is 1. The molecule has 0 radical (unpaired) electrons. The van der Waals surface area contributed by atoms with Crippen LogP contribution in [0.25, 0.3) is 0 Å². The van der Waals surface area contributed by atoms with Crippen LogP contribution in [0.4, 0.5) is 0 Å². The topological polar surface area (TPSA) is 184 Å². The minimum Gasteiger partial charge on any atom is -0.480 e. The van der Waals surface area contributed by atoms with Crippen molar-refractivity contribution in [3.63, 3.8) is 0 Å².